The van der Waals surface area contributed by atoms with Gasteiger partial charge in [-0.05, 0) is 30.3 Å². The molecule has 0 saturated carbocycles. The first kappa shape index (κ1) is 18.2. The summed E-state index contributed by atoms with van der Waals surface area (Å²) in [7, 11) is -3.50. The molecule has 0 atom stereocenters. The second-order valence-electron chi connectivity index (χ2n) is 5.63. The molecule has 1 aromatic heterocycles. The van der Waals surface area contributed by atoms with Crippen molar-refractivity contribution in [3.8, 4) is 21.7 Å². The summed E-state index contributed by atoms with van der Waals surface area (Å²) in [5, 5.41) is 9.39. The zero-order valence-electron chi connectivity index (χ0n) is 13.6. The molecule has 0 spiro atoms. The Morgan fingerprint density at radius 1 is 1.15 bits per heavy atom. The van der Waals surface area contributed by atoms with E-state index in [9.17, 15) is 17.6 Å². The minimum atomic E-state index is -3.50. The van der Waals surface area contributed by atoms with E-state index < -0.39 is 21.6 Å². The molecule has 0 unspecified atom stereocenters. The molecule has 3 aromatic rings. The number of thiazole rings is 1. The van der Waals surface area contributed by atoms with Crippen LogP contribution in [0, 0.1) is 5.82 Å². The minimum absolute atomic E-state index is 0.133. The second-order valence-corrected chi connectivity index (χ2v) is 8.70. The van der Waals surface area contributed by atoms with Gasteiger partial charge >= 0.3 is 5.97 Å². The Morgan fingerprint density at radius 3 is 2.42 bits per heavy atom. The fraction of sp³-hybridized carbons (Fsp3) is 0.111. The summed E-state index contributed by atoms with van der Waals surface area (Å²) in [4.78, 5) is 16.1. The number of hydrogen-bond donors (Lipinski definition) is 1. The van der Waals surface area contributed by atoms with Crippen molar-refractivity contribution in [3.63, 3.8) is 0 Å². The van der Waals surface area contributed by atoms with Crippen LogP contribution in [0.25, 0.3) is 21.7 Å². The van der Waals surface area contributed by atoms with Crippen LogP contribution in [-0.2, 0) is 21.1 Å². The molecule has 3 rings (SSSR count). The molecule has 0 aliphatic heterocycles. The van der Waals surface area contributed by atoms with E-state index in [4.69, 9.17) is 5.11 Å². The van der Waals surface area contributed by atoms with Gasteiger partial charge in [0.15, 0.2) is 9.84 Å². The lowest BCUT2D eigenvalue weighted by molar-refractivity contribution is -0.136. The maximum absolute atomic E-state index is 13.2. The van der Waals surface area contributed by atoms with Crippen LogP contribution in [0.2, 0.25) is 0 Å². The fourth-order valence-electron chi connectivity index (χ4n) is 2.53. The summed E-state index contributed by atoms with van der Waals surface area (Å²) in [5.74, 6) is -1.44. The largest absolute Gasteiger partial charge is 0.481 e. The summed E-state index contributed by atoms with van der Waals surface area (Å²) in [5.41, 5.74) is 1.46. The van der Waals surface area contributed by atoms with E-state index in [2.05, 4.69) is 4.98 Å². The van der Waals surface area contributed by atoms with Gasteiger partial charge in [0.2, 0.25) is 0 Å². The molecule has 5 nitrogen and oxygen atoms in total. The molecule has 0 aliphatic carbocycles. The van der Waals surface area contributed by atoms with E-state index in [1.807, 2.05) is 0 Å². The van der Waals surface area contributed by atoms with Gasteiger partial charge in [0.25, 0.3) is 0 Å². The van der Waals surface area contributed by atoms with Crippen molar-refractivity contribution in [2.24, 2.45) is 0 Å². The third-order valence-corrected chi connectivity index (χ3v) is 5.87. The Kier molecular flexibility index (Phi) is 4.88. The molecule has 0 bridgehead atoms. The van der Waals surface area contributed by atoms with Gasteiger partial charge in [-0.1, -0.05) is 18.2 Å². The first-order valence-corrected chi connectivity index (χ1v) is 10.2. The Morgan fingerprint density at radius 2 is 1.81 bits per heavy atom. The number of halogens is 1. The van der Waals surface area contributed by atoms with Crippen molar-refractivity contribution in [2.45, 2.75) is 11.3 Å². The molecule has 0 fully saturated rings. The Balaban J connectivity index is 2.25. The number of benzene rings is 2. The number of aromatic nitrogens is 1. The lowest BCUT2D eigenvalue weighted by Gasteiger charge is -2.08. The highest BCUT2D eigenvalue weighted by atomic mass is 32.2. The summed E-state index contributed by atoms with van der Waals surface area (Å²) in [6, 6.07) is 12.1. The van der Waals surface area contributed by atoms with Crippen molar-refractivity contribution in [1.82, 2.24) is 4.98 Å². The normalized spacial score (nSPS) is 11.5. The van der Waals surface area contributed by atoms with Gasteiger partial charge in [0.05, 0.1) is 21.9 Å². The first-order chi connectivity index (χ1) is 12.3. The topological polar surface area (TPSA) is 84.3 Å². The van der Waals surface area contributed by atoms with Crippen LogP contribution in [-0.4, -0.2) is 30.7 Å². The minimum Gasteiger partial charge on any atom is -0.481 e. The Bertz CT molecular complexity index is 1070. The zero-order valence-corrected chi connectivity index (χ0v) is 15.3. The summed E-state index contributed by atoms with van der Waals surface area (Å²) in [6.07, 6.45) is 0.836. The van der Waals surface area contributed by atoms with Crippen LogP contribution < -0.4 is 0 Å². The number of sulfone groups is 1. The van der Waals surface area contributed by atoms with E-state index >= 15 is 0 Å². The average Bonchev–Trinajstić information content (AvgIpc) is 2.97. The van der Waals surface area contributed by atoms with E-state index in [1.165, 1.54) is 30.3 Å². The SMILES string of the molecule is CS(=O)(=O)c1ccccc1-c1sc(CC(=O)O)nc1-c1ccc(F)cc1. The third kappa shape index (κ3) is 3.81. The number of carbonyl (C=O) groups is 1. The van der Waals surface area contributed by atoms with E-state index in [0.717, 1.165) is 17.6 Å². The number of carboxylic acids is 1. The second kappa shape index (κ2) is 6.97. The Labute approximate surface area is 153 Å². The molecule has 2 aromatic carbocycles. The number of carboxylic acid groups (broad SMARTS) is 1. The van der Waals surface area contributed by atoms with Crippen molar-refractivity contribution in [2.75, 3.05) is 6.26 Å². The first-order valence-electron chi connectivity index (χ1n) is 7.52. The van der Waals surface area contributed by atoms with Gasteiger partial charge in [-0.3, -0.25) is 4.79 Å². The van der Waals surface area contributed by atoms with Gasteiger partial charge < -0.3 is 5.11 Å². The van der Waals surface area contributed by atoms with Crippen LogP contribution in [0.15, 0.2) is 53.4 Å². The van der Waals surface area contributed by atoms with Crippen LogP contribution in [0.4, 0.5) is 4.39 Å². The van der Waals surface area contributed by atoms with Crippen molar-refractivity contribution < 1.29 is 22.7 Å². The smallest absolute Gasteiger partial charge is 0.310 e. The molecular formula is C18H14FNO4S2. The maximum Gasteiger partial charge on any atom is 0.310 e. The summed E-state index contributed by atoms with van der Waals surface area (Å²) < 4.78 is 37.5. The predicted molar refractivity (Wildman–Crippen MR) is 97.4 cm³/mol. The standard InChI is InChI=1S/C18H14FNO4S2/c1-26(23,24)14-5-3-2-4-13(14)18-17(11-6-8-12(19)9-7-11)20-15(25-18)10-16(21)22/h2-9H,10H2,1H3,(H,21,22). The lowest BCUT2D eigenvalue weighted by Crippen LogP contribution is -1.99. The van der Waals surface area contributed by atoms with Gasteiger partial charge in [-0.2, -0.15) is 0 Å². The summed E-state index contributed by atoms with van der Waals surface area (Å²) in [6.45, 7) is 0. The number of aliphatic carboxylic acids is 1. The van der Waals surface area contributed by atoms with Crippen molar-refractivity contribution in [1.29, 1.82) is 0 Å². The van der Waals surface area contributed by atoms with Crippen molar-refractivity contribution in [3.05, 3.63) is 59.4 Å². The molecule has 134 valence electrons. The Hall–Kier alpha value is -2.58. The molecule has 1 N–H and O–H groups in total. The van der Waals surface area contributed by atoms with E-state index in [1.54, 1.807) is 18.2 Å². The molecule has 0 radical (unpaired) electrons. The summed E-state index contributed by atoms with van der Waals surface area (Å²) >= 11 is 1.12. The van der Waals surface area contributed by atoms with Crippen LogP contribution in [0.3, 0.4) is 0 Å². The molecule has 0 saturated heterocycles. The number of hydrogen-bond acceptors (Lipinski definition) is 5. The molecule has 26 heavy (non-hydrogen) atoms. The molecule has 1 heterocycles. The van der Waals surface area contributed by atoms with Crippen molar-refractivity contribution >= 4 is 27.1 Å². The predicted octanol–water partition coefficient (Wildman–Crippen LogP) is 3.65. The molecule has 8 heteroatoms. The number of nitrogens with zero attached hydrogens (tertiary/aromatic N) is 1. The van der Waals surface area contributed by atoms with Gasteiger partial charge in [-0.15, -0.1) is 11.3 Å². The highest BCUT2D eigenvalue weighted by molar-refractivity contribution is 7.90. The highest BCUT2D eigenvalue weighted by Gasteiger charge is 2.22. The highest BCUT2D eigenvalue weighted by Crippen LogP contribution is 2.40. The van der Waals surface area contributed by atoms with Crippen LogP contribution >= 0.6 is 11.3 Å². The van der Waals surface area contributed by atoms with Gasteiger partial charge in [-0.25, -0.2) is 17.8 Å². The van der Waals surface area contributed by atoms with E-state index in [-0.39, 0.29) is 11.3 Å². The van der Waals surface area contributed by atoms with Gasteiger partial charge in [0, 0.05) is 17.4 Å². The fourth-order valence-corrected chi connectivity index (χ4v) is 4.61. The molecule has 0 amide bonds. The lowest BCUT2D eigenvalue weighted by atomic mass is 10.1. The van der Waals surface area contributed by atoms with E-state index in [0.29, 0.717) is 26.7 Å². The molecular weight excluding hydrogens is 377 g/mol. The number of rotatable bonds is 5. The third-order valence-electron chi connectivity index (χ3n) is 3.62. The average molecular weight is 391 g/mol. The molecule has 0 aliphatic rings. The maximum atomic E-state index is 13.2. The van der Waals surface area contributed by atoms with Crippen LogP contribution in [0.1, 0.15) is 5.01 Å². The van der Waals surface area contributed by atoms with Gasteiger partial charge in [0.1, 0.15) is 10.8 Å². The van der Waals surface area contributed by atoms with Crippen LogP contribution in [0.5, 0.6) is 0 Å². The quantitative estimate of drug-likeness (QED) is 0.718. The zero-order chi connectivity index (χ0) is 18.9. The monoisotopic (exact) mass is 391 g/mol.